The molecule has 1 saturated heterocycles. The molecule has 3 fully saturated rings. The number of aliphatic hydroxyl groups is 1. The van der Waals surface area contributed by atoms with E-state index >= 15 is 0 Å². The average molecular weight is 281 g/mol. The minimum absolute atomic E-state index is 0.0285. The number of piperidine rings is 1. The van der Waals surface area contributed by atoms with Crippen molar-refractivity contribution in [3.63, 3.8) is 0 Å². The Morgan fingerprint density at radius 3 is 2.30 bits per heavy atom. The van der Waals surface area contributed by atoms with Crippen LogP contribution in [0.15, 0.2) is 0 Å². The second-order valence-corrected chi connectivity index (χ2v) is 7.46. The maximum atomic E-state index is 10.1. The maximum absolute atomic E-state index is 10.1. The Labute approximate surface area is 123 Å². The van der Waals surface area contributed by atoms with Crippen LogP contribution in [0, 0.1) is 5.92 Å². The van der Waals surface area contributed by atoms with Crippen molar-refractivity contribution in [2.24, 2.45) is 5.92 Å². The molecule has 0 aromatic heterocycles. The van der Waals surface area contributed by atoms with Gasteiger partial charge in [-0.05, 0) is 71.6 Å². The molecular formula is C16H31N3O. The molecule has 1 aliphatic heterocycles. The third-order valence-corrected chi connectivity index (χ3v) is 5.55. The van der Waals surface area contributed by atoms with Crippen molar-refractivity contribution < 1.29 is 5.11 Å². The Kier molecular flexibility index (Phi) is 4.37. The molecule has 20 heavy (non-hydrogen) atoms. The molecule has 3 rings (SSSR count). The van der Waals surface area contributed by atoms with Crippen molar-refractivity contribution in [1.82, 2.24) is 15.1 Å². The summed E-state index contributed by atoms with van der Waals surface area (Å²) < 4.78 is 0. The van der Waals surface area contributed by atoms with Gasteiger partial charge < -0.3 is 20.2 Å². The highest BCUT2D eigenvalue weighted by atomic mass is 16.3. The lowest BCUT2D eigenvalue weighted by atomic mass is 9.91. The van der Waals surface area contributed by atoms with Crippen molar-refractivity contribution in [3.05, 3.63) is 0 Å². The summed E-state index contributed by atoms with van der Waals surface area (Å²) in [6.45, 7) is 3.73. The minimum Gasteiger partial charge on any atom is -0.394 e. The Morgan fingerprint density at radius 1 is 1.15 bits per heavy atom. The van der Waals surface area contributed by atoms with Crippen molar-refractivity contribution in [2.75, 3.05) is 40.3 Å². The summed E-state index contributed by atoms with van der Waals surface area (Å²) in [5.41, 5.74) is -0.0285. The van der Waals surface area contributed by atoms with Crippen LogP contribution >= 0.6 is 0 Å². The zero-order chi connectivity index (χ0) is 14.2. The molecule has 3 aliphatic rings. The summed E-state index contributed by atoms with van der Waals surface area (Å²) in [4.78, 5) is 4.95. The van der Waals surface area contributed by atoms with Crippen LogP contribution in [0.1, 0.15) is 38.5 Å². The molecule has 1 atom stereocenters. The van der Waals surface area contributed by atoms with Gasteiger partial charge in [0.25, 0.3) is 0 Å². The van der Waals surface area contributed by atoms with E-state index in [0.717, 1.165) is 6.54 Å². The predicted octanol–water partition coefficient (Wildman–Crippen LogP) is 0.906. The highest BCUT2D eigenvalue weighted by Crippen LogP contribution is 2.42. The van der Waals surface area contributed by atoms with Crippen molar-refractivity contribution >= 4 is 0 Å². The minimum atomic E-state index is -0.0285. The van der Waals surface area contributed by atoms with E-state index in [0.29, 0.717) is 24.6 Å². The lowest BCUT2D eigenvalue weighted by molar-refractivity contribution is 0.0637. The first kappa shape index (κ1) is 14.8. The number of rotatable bonds is 7. The Morgan fingerprint density at radius 2 is 1.80 bits per heavy atom. The summed E-state index contributed by atoms with van der Waals surface area (Å²) >= 11 is 0. The van der Waals surface area contributed by atoms with Gasteiger partial charge in [-0.2, -0.15) is 0 Å². The van der Waals surface area contributed by atoms with E-state index in [-0.39, 0.29) is 5.54 Å². The summed E-state index contributed by atoms with van der Waals surface area (Å²) in [5.74, 6) is 0.696. The first-order valence-electron chi connectivity index (χ1n) is 8.40. The number of likely N-dealkylation sites (N-methyl/N-ethyl adjacent to an activating group) is 1. The monoisotopic (exact) mass is 281 g/mol. The molecule has 0 bridgehead atoms. The number of nitrogens with one attached hydrogen (secondary N) is 1. The van der Waals surface area contributed by atoms with Crippen LogP contribution in [0.5, 0.6) is 0 Å². The normalized spacial score (nSPS) is 28.8. The van der Waals surface area contributed by atoms with Gasteiger partial charge in [0.15, 0.2) is 0 Å². The molecule has 0 aromatic carbocycles. The van der Waals surface area contributed by atoms with Crippen LogP contribution in [0.25, 0.3) is 0 Å². The summed E-state index contributed by atoms with van der Waals surface area (Å²) in [6.07, 6.45) is 7.72. The zero-order valence-corrected chi connectivity index (χ0v) is 13.1. The molecule has 4 heteroatoms. The number of likely N-dealkylation sites (tertiary alicyclic amines) is 1. The van der Waals surface area contributed by atoms with Gasteiger partial charge in [-0.15, -0.1) is 0 Å². The summed E-state index contributed by atoms with van der Waals surface area (Å²) in [5, 5.41) is 13.8. The maximum Gasteiger partial charge on any atom is 0.0628 e. The lowest BCUT2D eigenvalue weighted by Crippen LogP contribution is -2.60. The van der Waals surface area contributed by atoms with Crippen molar-refractivity contribution in [2.45, 2.75) is 56.1 Å². The van der Waals surface area contributed by atoms with Gasteiger partial charge in [0.2, 0.25) is 0 Å². The van der Waals surface area contributed by atoms with Crippen LogP contribution < -0.4 is 5.32 Å². The molecule has 4 nitrogen and oxygen atoms in total. The molecule has 2 N–H and O–H groups in total. The number of hydrogen-bond acceptors (Lipinski definition) is 4. The van der Waals surface area contributed by atoms with E-state index in [1.807, 2.05) is 0 Å². The summed E-state index contributed by atoms with van der Waals surface area (Å²) in [6, 6.07) is 1.37. The van der Waals surface area contributed by atoms with Crippen LogP contribution in [0.3, 0.4) is 0 Å². The van der Waals surface area contributed by atoms with Crippen molar-refractivity contribution in [3.8, 4) is 0 Å². The van der Waals surface area contributed by atoms with Crippen LogP contribution in [0.2, 0.25) is 0 Å². The van der Waals surface area contributed by atoms with Gasteiger partial charge in [-0.25, -0.2) is 0 Å². The second kappa shape index (κ2) is 5.91. The summed E-state index contributed by atoms with van der Waals surface area (Å²) in [7, 11) is 4.48. The fourth-order valence-corrected chi connectivity index (χ4v) is 3.80. The van der Waals surface area contributed by atoms with E-state index in [4.69, 9.17) is 0 Å². The first-order valence-corrected chi connectivity index (χ1v) is 8.40. The highest BCUT2D eigenvalue weighted by Gasteiger charge is 2.48. The third-order valence-electron chi connectivity index (χ3n) is 5.55. The number of hydrogen-bond donors (Lipinski definition) is 2. The molecule has 0 radical (unpaired) electrons. The van der Waals surface area contributed by atoms with Crippen LogP contribution in [-0.2, 0) is 0 Å². The Hall–Kier alpha value is -0.160. The molecule has 0 amide bonds. The molecule has 0 aromatic rings. The van der Waals surface area contributed by atoms with Crippen LogP contribution in [0.4, 0.5) is 0 Å². The van der Waals surface area contributed by atoms with E-state index in [9.17, 15) is 5.11 Å². The van der Waals surface area contributed by atoms with Gasteiger partial charge >= 0.3 is 0 Å². The smallest absolute Gasteiger partial charge is 0.0628 e. The van der Waals surface area contributed by atoms with Gasteiger partial charge in [0.05, 0.1) is 12.1 Å². The molecule has 1 heterocycles. The average Bonchev–Trinajstić information content (AvgIpc) is 3.31. The fraction of sp³-hybridized carbons (Fsp3) is 1.00. The van der Waals surface area contributed by atoms with E-state index in [1.54, 1.807) is 0 Å². The fourth-order valence-electron chi connectivity index (χ4n) is 3.80. The number of nitrogens with zero attached hydrogens (tertiary/aromatic N) is 2. The standard InChI is InChI=1S/C16H31N3O/c1-18-9-7-15(8-10-18)19(2)11-16(12-20,13-3-4-13)17-14-5-6-14/h13-15,17,20H,3-12H2,1-2H3. The highest BCUT2D eigenvalue weighted by molar-refractivity contribution is 5.06. The van der Waals surface area contributed by atoms with Gasteiger partial charge in [-0.1, -0.05) is 0 Å². The van der Waals surface area contributed by atoms with E-state index < -0.39 is 0 Å². The topological polar surface area (TPSA) is 38.7 Å². The largest absolute Gasteiger partial charge is 0.394 e. The van der Waals surface area contributed by atoms with E-state index in [1.165, 1.54) is 51.6 Å². The zero-order valence-electron chi connectivity index (χ0n) is 13.1. The first-order chi connectivity index (χ1) is 9.63. The Balaban J connectivity index is 1.59. The van der Waals surface area contributed by atoms with Gasteiger partial charge in [0, 0.05) is 18.6 Å². The molecule has 0 spiro atoms. The molecular weight excluding hydrogens is 250 g/mol. The SMILES string of the molecule is CN1CCC(N(C)CC(CO)(NC2CC2)C2CC2)CC1. The molecule has 116 valence electrons. The molecule has 1 unspecified atom stereocenters. The molecule has 2 saturated carbocycles. The third kappa shape index (κ3) is 3.35. The number of aliphatic hydroxyl groups excluding tert-OH is 1. The predicted molar refractivity (Wildman–Crippen MR) is 81.8 cm³/mol. The molecule has 2 aliphatic carbocycles. The second-order valence-electron chi connectivity index (χ2n) is 7.46. The Bertz CT molecular complexity index is 322. The lowest BCUT2D eigenvalue weighted by Gasteiger charge is -2.42. The quantitative estimate of drug-likeness (QED) is 0.727. The van der Waals surface area contributed by atoms with Gasteiger partial charge in [0.1, 0.15) is 0 Å². The van der Waals surface area contributed by atoms with Crippen LogP contribution in [-0.4, -0.2) is 72.9 Å². The van der Waals surface area contributed by atoms with Gasteiger partial charge in [-0.3, -0.25) is 0 Å². The van der Waals surface area contributed by atoms with E-state index in [2.05, 4.69) is 29.2 Å². The van der Waals surface area contributed by atoms with Crippen molar-refractivity contribution in [1.29, 1.82) is 0 Å².